The normalized spacial score (nSPS) is 13.2. The van der Waals surface area contributed by atoms with Gasteiger partial charge in [-0.2, -0.15) is 0 Å². The Morgan fingerprint density at radius 2 is 2.07 bits per heavy atom. The van der Waals surface area contributed by atoms with Crippen molar-refractivity contribution in [1.82, 2.24) is 0 Å². The molecule has 1 aromatic heterocycles. The molecular weight excluding hydrogens is 220 g/mol. The van der Waals surface area contributed by atoms with Gasteiger partial charge in [-0.25, -0.2) is 0 Å². The van der Waals surface area contributed by atoms with Crippen LogP contribution >= 0.6 is 23.1 Å². The number of rotatable bonds is 4. The average molecular weight is 240 g/mol. The zero-order valence-corrected chi connectivity index (χ0v) is 11.9. The van der Waals surface area contributed by atoms with E-state index in [1.807, 2.05) is 23.1 Å². The molecule has 15 heavy (non-hydrogen) atoms. The topological polar surface area (TPSA) is 0 Å². The third-order valence-electron chi connectivity index (χ3n) is 2.71. The van der Waals surface area contributed by atoms with E-state index >= 15 is 0 Å². The Bertz CT molecular complexity index is 345. The van der Waals surface area contributed by atoms with E-state index in [0.29, 0.717) is 5.92 Å². The van der Waals surface area contributed by atoms with Gasteiger partial charge in [-0.05, 0) is 43.2 Å². The molecule has 0 radical (unpaired) electrons. The molecule has 2 heteroatoms. The molecule has 0 saturated heterocycles. The highest BCUT2D eigenvalue weighted by Crippen LogP contribution is 2.33. The van der Waals surface area contributed by atoms with Crippen LogP contribution < -0.4 is 0 Å². The van der Waals surface area contributed by atoms with Crippen molar-refractivity contribution in [3.63, 3.8) is 0 Å². The first kappa shape index (κ1) is 12.9. The second-order valence-electron chi connectivity index (χ2n) is 3.98. The summed E-state index contributed by atoms with van der Waals surface area (Å²) in [7, 11) is 0. The van der Waals surface area contributed by atoms with Crippen molar-refractivity contribution in [3.8, 4) is 0 Å². The van der Waals surface area contributed by atoms with Crippen LogP contribution in [-0.4, -0.2) is 6.26 Å². The fourth-order valence-electron chi connectivity index (χ4n) is 1.90. The third-order valence-corrected chi connectivity index (χ3v) is 5.00. The SMILES string of the molecule is CC/C(=C(\C)c1ccc(SC)s1)C(C)C. The van der Waals surface area contributed by atoms with Gasteiger partial charge in [0.1, 0.15) is 0 Å². The maximum Gasteiger partial charge on any atom is 0.0602 e. The molecule has 0 aliphatic heterocycles. The van der Waals surface area contributed by atoms with Crippen LogP contribution in [0, 0.1) is 5.92 Å². The summed E-state index contributed by atoms with van der Waals surface area (Å²) in [5, 5.41) is 0. The molecule has 1 aromatic rings. The molecule has 0 aromatic carbocycles. The summed E-state index contributed by atoms with van der Waals surface area (Å²) in [6, 6.07) is 4.48. The summed E-state index contributed by atoms with van der Waals surface area (Å²) >= 11 is 3.74. The zero-order chi connectivity index (χ0) is 11.4. The van der Waals surface area contributed by atoms with Gasteiger partial charge in [0.05, 0.1) is 4.21 Å². The van der Waals surface area contributed by atoms with Crippen LogP contribution in [-0.2, 0) is 0 Å². The highest BCUT2D eigenvalue weighted by molar-refractivity contribution is 8.00. The lowest BCUT2D eigenvalue weighted by Gasteiger charge is -2.12. The molecule has 0 saturated carbocycles. The summed E-state index contributed by atoms with van der Waals surface area (Å²) in [4.78, 5) is 1.44. The van der Waals surface area contributed by atoms with Crippen LogP contribution in [0.3, 0.4) is 0 Å². The van der Waals surface area contributed by atoms with Crippen molar-refractivity contribution in [2.24, 2.45) is 5.92 Å². The summed E-state index contributed by atoms with van der Waals surface area (Å²) in [5.74, 6) is 0.662. The van der Waals surface area contributed by atoms with Crippen LogP contribution in [0.5, 0.6) is 0 Å². The molecule has 0 N–H and O–H groups in total. The maximum absolute atomic E-state index is 2.28. The maximum atomic E-state index is 2.28. The summed E-state index contributed by atoms with van der Waals surface area (Å²) < 4.78 is 1.41. The molecule has 0 amide bonds. The Kier molecular flexibility index (Phi) is 4.94. The number of allylic oxidation sites excluding steroid dienone is 2. The minimum absolute atomic E-state index is 0.662. The van der Waals surface area contributed by atoms with E-state index in [9.17, 15) is 0 Å². The van der Waals surface area contributed by atoms with Gasteiger partial charge in [-0.1, -0.05) is 26.3 Å². The van der Waals surface area contributed by atoms with E-state index in [4.69, 9.17) is 0 Å². The Hall–Kier alpha value is -0.210. The molecule has 0 spiro atoms. The first-order valence-electron chi connectivity index (χ1n) is 5.44. The Labute approximate surface area is 102 Å². The third kappa shape index (κ3) is 3.12. The first-order chi connectivity index (χ1) is 7.10. The van der Waals surface area contributed by atoms with Gasteiger partial charge < -0.3 is 0 Å². The van der Waals surface area contributed by atoms with E-state index in [1.165, 1.54) is 14.7 Å². The van der Waals surface area contributed by atoms with Gasteiger partial charge >= 0.3 is 0 Å². The molecule has 1 rings (SSSR count). The zero-order valence-electron chi connectivity index (χ0n) is 10.3. The lowest BCUT2D eigenvalue weighted by Crippen LogP contribution is -1.95. The summed E-state index contributed by atoms with van der Waals surface area (Å²) in [6.07, 6.45) is 3.30. The quantitative estimate of drug-likeness (QED) is 0.643. The molecule has 0 bridgehead atoms. The monoisotopic (exact) mass is 240 g/mol. The van der Waals surface area contributed by atoms with E-state index in [2.05, 4.69) is 46.1 Å². The van der Waals surface area contributed by atoms with Crippen molar-refractivity contribution < 1.29 is 0 Å². The Morgan fingerprint density at radius 3 is 2.47 bits per heavy atom. The molecular formula is C13H20S2. The van der Waals surface area contributed by atoms with Gasteiger partial charge in [0.15, 0.2) is 0 Å². The van der Waals surface area contributed by atoms with Crippen LogP contribution in [0.15, 0.2) is 21.9 Å². The standard InChI is InChI=1S/C13H20S2/c1-6-11(9(2)3)10(4)12-7-8-13(14-5)15-12/h7-9H,6H2,1-5H3/b11-10-. The predicted octanol–water partition coefficient (Wildman–Crippen LogP) is 5.31. The minimum atomic E-state index is 0.662. The Balaban J connectivity index is 3.04. The number of thiophene rings is 1. The van der Waals surface area contributed by atoms with E-state index in [1.54, 1.807) is 5.57 Å². The van der Waals surface area contributed by atoms with Gasteiger partial charge in [0.25, 0.3) is 0 Å². The van der Waals surface area contributed by atoms with E-state index < -0.39 is 0 Å². The van der Waals surface area contributed by atoms with E-state index in [-0.39, 0.29) is 0 Å². The van der Waals surface area contributed by atoms with Crippen LogP contribution in [0.1, 0.15) is 39.0 Å². The lowest BCUT2D eigenvalue weighted by molar-refractivity contribution is 0.734. The molecule has 0 aliphatic carbocycles. The lowest BCUT2D eigenvalue weighted by atomic mass is 9.95. The number of hydrogen-bond acceptors (Lipinski definition) is 2. The predicted molar refractivity (Wildman–Crippen MR) is 73.8 cm³/mol. The first-order valence-corrected chi connectivity index (χ1v) is 7.48. The fourth-order valence-corrected chi connectivity index (χ4v) is 3.48. The molecule has 0 fully saturated rings. The highest BCUT2D eigenvalue weighted by atomic mass is 32.2. The molecule has 0 aliphatic rings. The number of thioether (sulfide) groups is 1. The van der Waals surface area contributed by atoms with E-state index in [0.717, 1.165) is 6.42 Å². The molecule has 0 atom stereocenters. The van der Waals surface area contributed by atoms with Crippen LogP contribution in [0.25, 0.3) is 5.57 Å². The highest BCUT2D eigenvalue weighted by Gasteiger charge is 2.09. The minimum Gasteiger partial charge on any atom is -0.129 e. The van der Waals surface area contributed by atoms with Crippen molar-refractivity contribution in [1.29, 1.82) is 0 Å². The van der Waals surface area contributed by atoms with Gasteiger partial charge in [0, 0.05) is 4.88 Å². The molecule has 0 nitrogen and oxygen atoms in total. The summed E-state index contributed by atoms with van der Waals surface area (Å²) in [5.41, 5.74) is 3.07. The molecule has 1 heterocycles. The van der Waals surface area contributed by atoms with Crippen LogP contribution in [0.2, 0.25) is 0 Å². The van der Waals surface area contributed by atoms with Gasteiger partial charge in [0.2, 0.25) is 0 Å². The molecule has 84 valence electrons. The van der Waals surface area contributed by atoms with Crippen molar-refractivity contribution in [2.75, 3.05) is 6.26 Å². The molecule has 0 unspecified atom stereocenters. The largest absolute Gasteiger partial charge is 0.129 e. The second-order valence-corrected chi connectivity index (χ2v) is 6.17. The average Bonchev–Trinajstić information content (AvgIpc) is 2.66. The van der Waals surface area contributed by atoms with Crippen LogP contribution in [0.4, 0.5) is 0 Å². The van der Waals surface area contributed by atoms with Crippen molar-refractivity contribution >= 4 is 28.7 Å². The smallest absolute Gasteiger partial charge is 0.0602 e. The van der Waals surface area contributed by atoms with Crippen molar-refractivity contribution in [3.05, 3.63) is 22.6 Å². The van der Waals surface area contributed by atoms with Crippen molar-refractivity contribution in [2.45, 2.75) is 38.3 Å². The summed E-state index contributed by atoms with van der Waals surface area (Å²) in [6.45, 7) is 9.08. The fraction of sp³-hybridized carbons (Fsp3) is 0.538. The number of hydrogen-bond donors (Lipinski definition) is 0. The van der Waals surface area contributed by atoms with Gasteiger partial charge in [-0.3, -0.25) is 0 Å². The van der Waals surface area contributed by atoms with Gasteiger partial charge in [-0.15, -0.1) is 23.1 Å². The Morgan fingerprint density at radius 1 is 1.40 bits per heavy atom. The second kappa shape index (κ2) is 5.76.